The number of amides is 1. The largest absolute Gasteiger partial charge is 0.351 e. The van der Waals surface area contributed by atoms with Gasteiger partial charge in [0.15, 0.2) is 5.82 Å². The van der Waals surface area contributed by atoms with Crippen LogP contribution in [0.15, 0.2) is 27.6 Å². The van der Waals surface area contributed by atoms with E-state index in [4.69, 9.17) is 4.52 Å². The number of nitrogens with zero attached hydrogens (tertiary/aromatic N) is 2. The first-order valence-corrected chi connectivity index (χ1v) is 5.72. The van der Waals surface area contributed by atoms with Crippen LogP contribution in [-0.4, -0.2) is 22.3 Å². The molecule has 0 saturated heterocycles. The van der Waals surface area contributed by atoms with Gasteiger partial charge in [0, 0.05) is 18.3 Å². The molecule has 0 saturated carbocycles. The van der Waals surface area contributed by atoms with Crippen molar-refractivity contribution in [2.45, 2.75) is 13.5 Å². The molecule has 6 nitrogen and oxygen atoms in total. The fraction of sp³-hybridized carbons (Fsp3) is 0.250. The van der Waals surface area contributed by atoms with E-state index in [2.05, 4.69) is 10.5 Å². The van der Waals surface area contributed by atoms with Crippen molar-refractivity contribution in [1.82, 2.24) is 9.72 Å². The van der Waals surface area contributed by atoms with Gasteiger partial charge in [0.25, 0.3) is 11.5 Å². The number of anilines is 1. The van der Waals surface area contributed by atoms with Crippen LogP contribution in [0, 0.1) is 12.7 Å². The first kappa shape index (κ1) is 13.9. The van der Waals surface area contributed by atoms with E-state index in [9.17, 15) is 18.4 Å². The third-order valence-electron chi connectivity index (χ3n) is 2.48. The quantitative estimate of drug-likeness (QED) is 0.922. The number of hydrogen-bond donors (Lipinski definition) is 1. The molecule has 0 unspecified atom stereocenters. The summed E-state index contributed by atoms with van der Waals surface area (Å²) in [6.45, 7) is 0.528. The van der Waals surface area contributed by atoms with Crippen LogP contribution in [0.5, 0.6) is 0 Å². The maximum Gasteiger partial charge on any atom is 0.294 e. The van der Waals surface area contributed by atoms with Crippen LogP contribution in [-0.2, 0) is 6.54 Å². The van der Waals surface area contributed by atoms with Crippen LogP contribution < -0.4 is 10.9 Å². The topological polar surface area (TPSA) is 77.1 Å². The Balaban J connectivity index is 2.25. The first-order chi connectivity index (χ1) is 9.51. The number of nitrogens with one attached hydrogen (secondary N) is 1. The predicted octanol–water partition coefficient (Wildman–Crippen LogP) is 1.51. The zero-order chi connectivity index (χ0) is 14.7. The standard InChI is InChI=1S/C12H11F2N3O3/c1-7-4-10(20-16-7)11(18)15-8-5-9(14)12(19)17(6-8)3-2-13/h4-6H,2-3H2,1H3,(H,15,18). The molecule has 0 bridgehead atoms. The first-order valence-electron chi connectivity index (χ1n) is 5.72. The molecule has 0 atom stereocenters. The van der Waals surface area contributed by atoms with Gasteiger partial charge in [-0.2, -0.15) is 0 Å². The van der Waals surface area contributed by atoms with Crippen molar-refractivity contribution in [2.75, 3.05) is 12.0 Å². The van der Waals surface area contributed by atoms with E-state index >= 15 is 0 Å². The number of halogens is 2. The summed E-state index contributed by atoms with van der Waals surface area (Å²) in [7, 11) is 0. The zero-order valence-electron chi connectivity index (χ0n) is 10.5. The van der Waals surface area contributed by atoms with Gasteiger partial charge in [0.05, 0.1) is 17.9 Å². The van der Waals surface area contributed by atoms with Gasteiger partial charge in [-0.3, -0.25) is 9.59 Å². The number of aryl methyl sites for hydroxylation is 2. The number of carbonyl (C=O) groups excluding carboxylic acids is 1. The molecule has 0 spiro atoms. The molecule has 0 aliphatic rings. The Morgan fingerprint density at radius 3 is 2.85 bits per heavy atom. The summed E-state index contributed by atoms with van der Waals surface area (Å²) in [4.78, 5) is 23.1. The maximum absolute atomic E-state index is 13.4. The van der Waals surface area contributed by atoms with E-state index < -0.39 is 24.0 Å². The highest BCUT2D eigenvalue weighted by atomic mass is 19.1. The van der Waals surface area contributed by atoms with E-state index in [0.29, 0.717) is 5.69 Å². The Morgan fingerprint density at radius 1 is 1.50 bits per heavy atom. The maximum atomic E-state index is 13.4. The zero-order valence-corrected chi connectivity index (χ0v) is 10.5. The summed E-state index contributed by atoms with van der Waals surface area (Å²) >= 11 is 0. The summed E-state index contributed by atoms with van der Waals surface area (Å²) < 4.78 is 31.2. The fourth-order valence-electron chi connectivity index (χ4n) is 1.59. The molecule has 0 aliphatic carbocycles. The third-order valence-corrected chi connectivity index (χ3v) is 2.48. The second-order valence-corrected chi connectivity index (χ2v) is 4.05. The number of rotatable bonds is 4. The molecule has 2 heterocycles. The summed E-state index contributed by atoms with van der Waals surface area (Å²) in [5.74, 6) is -1.77. The van der Waals surface area contributed by atoms with Crippen molar-refractivity contribution >= 4 is 11.6 Å². The average Bonchev–Trinajstić information content (AvgIpc) is 2.82. The highest BCUT2D eigenvalue weighted by Gasteiger charge is 2.14. The summed E-state index contributed by atoms with van der Waals surface area (Å²) in [5.41, 5.74) is -0.408. The minimum Gasteiger partial charge on any atom is -0.351 e. The second-order valence-electron chi connectivity index (χ2n) is 4.05. The molecule has 1 N–H and O–H groups in total. The number of aromatic nitrogens is 2. The molecule has 8 heteroatoms. The van der Waals surface area contributed by atoms with Crippen LogP contribution in [0.2, 0.25) is 0 Å². The normalized spacial score (nSPS) is 10.6. The molecular weight excluding hydrogens is 272 g/mol. The molecule has 1 amide bonds. The van der Waals surface area contributed by atoms with E-state index in [-0.39, 0.29) is 18.0 Å². The van der Waals surface area contributed by atoms with E-state index in [1.54, 1.807) is 6.92 Å². The van der Waals surface area contributed by atoms with Gasteiger partial charge in [-0.05, 0) is 6.92 Å². The molecule has 0 aliphatic heterocycles. The van der Waals surface area contributed by atoms with Gasteiger partial charge >= 0.3 is 0 Å². The van der Waals surface area contributed by atoms with Crippen molar-refractivity contribution < 1.29 is 18.1 Å². The molecule has 0 radical (unpaired) electrons. The molecule has 106 valence electrons. The van der Waals surface area contributed by atoms with Crippen LogP contribution in [0.4, 0.5) is 14.5 Å². The number of pyridine rings is 1. The van der Waals surface area contributed by atoms with Gasteiger partial charge in [0.2, 0.25) is 5.76 Å². The third kappa shape index (κ3) is 2.90. The monoisotopic (exact) mass is 283 g/mol. The Morgan fingerprint density at radius 2 is 2.25 bits per heavy atom. The Kier molecular flexibility index (Phi) is 3.92. The lowest BCUT2D eigenvalue weighted by molar-refractivity contribution is 0.0988. The van der Waals surface area contributed by atoms with E-state index in [1.165, 1.54) is 6.07 Å². The summed E-state index contributed by atoms with van der Waals surface area (Å²) in [5, 5.41) is 5.89. The van der Waals surface area contributed by atoms with Crippen molar-refractivity contribution in [2.24, 2.45) is 0 Å². The molecular formula is C12H11F2N3O3. The minimum atomic E-state index is -1.08. The SMILES string of the molecule is Cc1cc(C(=O)Nc2cc(F)c(=O)n(CCF)c2)on1. The lowest BCUT2D eigenvalue weighted by atomic mass is 10.3. The van der Waals surface area contributed by atoms with Crippen LogP contribution in [0.25, 0.3) is 0 Å². The molecule has 2 aromatic rings. The molecule has 2 rings (SSSR count). The number of hydrogen-bond acceptors (Lipinski definition) is 4. The smallest absolute Gasteiger partial charge is 0.294 e. The number of alkyl halides is 1. The van der Waals surface area contributed by atoms with E-state index in [0.717, 1.165) is 16.8 Å². The van der Waals surface area contributed by atoms with Gasteiger partial charge in [0.1, 0.15) is 6.67 Å². The second kappa shape index (κ2) is 5.64. The van der Waals surface area contributed by atoms with Crippen molar-refractivity contribution in [1.29, 1.82) is 0 Å². The fourth-order valence-corrected chi connectivity index (χ4v) is 1.59. The Labute approximate surface area is 112 Å². The Bertz CT molecular complexity index is 693. The van der Waals surface area contributed by atoms with Crippen LogP contribution >= 0.6 is 0 Å². The molecule has 0 fully saturated rings. The van der Waals surface area contributed by atoms with Gasteiger partial charge in [-0.1, -0.05) is 5.16 Å². The summed E-state index contributed by atoms with van der Waals surface area (Å²) in [6.07, 6.45) is 1.16. The Hall–Kier alpha value is -2.51. The van der Waals surface area contributed by atoms with Gasteiger partial charge < -0.3 is 14.4 Å². The van der Waals surface area contributed by atoms with Gasteiger partial charge in [-0.15, -0.1) is 0 Å². The molecule has 0 aromatic carbocycles. The van der Waals surface area contributed by atoms with Crippen molar-refractivity contribution in [3.05, 3.63) is 46.0 Å². The van der Waals surface area contributed by atoms with Crippen molar-refractivity contribution in [3.8, 4) is 0 Å². The highest BCUT2D eigenvalue weighted by molar-refractivity contribution is 6.02. The number of carbonyl (C=O) groups is 1. The van der Waals surface area contributed by atoms with Crippen LogP contribution in [0.3, 0.4) is 0 Å². The van der Waals surface area contributed by atoms with Gasteiger partial charge in [-0.25, -0.2) is 8.78 Å². The molecule has 2 aromatic heterocycles. The average molecular weight is 283 g/mol. The highest BCUT2D eigenvalue weighted by Crippen LogP contribution is 2.10. The van der Waals surface area contributed by atoms with E-state index in [1.807, 2.05) is 0 Å². The van der Waals surface area contributed by atoms with Crippen LogP contribution in [0.1, 0.15) is 16.2 Å². The summed E-state index contributed by atoms with van der Waals surface area (Å²) in [6, 6.07) is 2.27. The lowest BCUT2D eigenvalue weighted by Gasteiger charge is -2.07. The predicted molar refractivity (Wildman–Crippen MR) is 65.8 cm³/mol. The minimum absolute atomic E-state index is 0.0228. The van der Waals surface area contributed by atoms with Crippen molar-refractivity contribution in [3.63, 3.8) is 0 Å². The molecule has 20 heavy (non-hydrogen) atoms. The lowest BCUT2D eigenvalue weighted by Crippen LogP contribution is -2.24.